The van der Waals surface area contributed by atoms with Crippen LogP contribution in [0, 0.1) is 11.7 Å². The molecule has 3 rings (SSSR count). The van der Waals surface area contributed by atoms with Crippen molar-refractivity contribution in [2.75, 3.05) is 25.4 Å². The van der Waals surface area contributed by atoms with Crippen molar-refractivity contribution >= 4 is 15.9 Å². The fourth-order valence-corrected chi connectivity index (χ4v) is 4.68. The van der Waals surface area contributed by atoms with Crippen LogP contribution in [0.1, 0.15) is 50.6 Å². The Kier molecular flexibility index (Phi) is 7.36. The number of halogens is 1. The van der Waals surface area contributed by atoms with Gasteiger partial charge in [-0.2, -0.15) is 0 Å². The van der Waals surface area contributed by atoms with Crippen molar-refractivity contribution in [1.29, 1.82) is 0 Å². The number of hydrogen-bond donors (Lipinski definition) is 2. The van der Waals surface area contributed by atoms with E-state index in [-0.39, 0.29) is 29.7 Å². The Labute approximate surface area is 177 Å². The summed E-state index contributed by atoms with van der Waals surface area (Å²) in [4.78, 5) is 13.1. The van der Waals surface area contributed by atoms with Crippen LogP contribution in [0.15, 0.2) is 30.0 Å². The third kappa shape index (κ3) is 6.70. The Morgan fingerprint density at radius 2 is 2.07 bits per heavy atom. The van der Waals surface area contributed by atoms with Crippen LogP contribution in [0.5, 0.6) is 5.75 Å². The quantitative estimate of drug-likeness (QED) is 0.487. The minimum absolute atomic E-state index is 0.0268. The van der Waals surface area contributed by atoms with Gasteiger partial charge >= 0.3 is 0 Å². The first kappa shape index (κ1) is 22.6. The summed E-state index contributed by atoms with van der Waals surface area (Å²) in [7, 11) is -3.50. The van der Waals surface area contributed by atoms with Crippen LogP contribution >= 0.6 is 0 Å². The normalized spacial score (nSPS) is 17.9. The molecule has 1 aliphatic carbocycles. The maximum Gasteiger partial charge on any atom is 0.250 e. The van der Waals surface area contributed by atoms with E-state index in [1.54, 1.807) is 19.1 Å². The van der Waals surface area contributed by atoms with Crippen molar-refractivity contribution in [3.63, 3.8) is 0 Å². The molecule has 30 heavy (non-hydrogen) atoms. The average molecular weight is 441 g/mol. The first-order valence-corrected chi connectivity index (χ1v) is 12.0. The van der Waals surface area contributed by atoms with Gasteiger partial charge in [-0.15, -0.1) is 0 Å². The molecule has 0 unspecified atom stereocenters. The molecule has 166 valence electrons. The number of ether oxygens (including phenoxy) is 1. The van der Waals surface area contributed by atoms with Gasteiger partial charge in [-0.3, -0.25) is 4.79 Å². The van der Waals surface area contributed by atoms with Gasteiger partial charge in [-0.1, -0.05) is 12.5 Å². The molecule has 1 heterocycles. The van der Waals surface area contributed by atoms with Crippen molar-refractivity contribution < 1.29 is 27.4 Å². The summed E-state index contributed by atoms with van der Waals surface area (Å²) >= 11 is 0. The summed E-state index contributed by atoms with van der Waals surface area (Å²) in [5.41, 5.74) is 0.644. The number of rotatable bonds is 12. The highest BCUT2D eigenvalue weighted by molar-refractivity contribution is 7.89. The van der Waals surface area contributed by atoms with E-state index in [1.165, 1.54) is 17.0 Å². The molecule has 1 saturated carbocycles. The molecule has 0 bridgehead atoms. The molecule has 1 aliphatic heterocycles. The number of unbranched alkanes of at least 4 members (excludes halogenated alkanes) is 2. The van der Waals surface area contributed by atoms with Gasteiger partial charge in [0.25, 0.3) is 0 Å². The monoisotopic (exact) mass is 440 g/mol. The fourth-order valence-electron chi connectivity index (χ4n) is 3.30. The Morgan fingerprint density at radius 3 is 2.73 bits per heavy atom. The summed E-state index contributed by atoms with van der Waals surface area (Å²) in [6.07, 6.45) is 5.18. The van der Waals surface area contributed by atoms with Crippen LogP contribution in [-0.4, -0.2) is 49.8 Å². The summed E-state index contributed by atoms with van der Waals surface area (Å²) in [5, 5.41) is 9.33. The van der Waals surface area contributed by atoms with Crippen molar-refractivity contribution in [2.45, 2.75) is 45.1 Å². The number of carbonyl (C=O) groups is 1. The lowest BCUT2D eigenvalue weighted by Crippen LogP contribution is -2.29. The number of aliphatic hydroxyl groups is 1. The summed E-state index contributed by atoms with van der Waals surface area (Å²) in [6.45, 7) is 2.91. The van der Waals surface area contributed by atoms with Crippen molar-refractivity contribution in [2.24, 2.45) is 5.92 Å². The van der Waals surface area contributed by atoms with Crippen molar-refractivity contribution in [3.05, 3.63) is 41.4 Å². The molecular formula is C21H29FN2O5S. The molecule has 0 radical (unpaired) electrons. The molecule has 2 N–H and O–H groups in total. The van der Waals surface area contributed by atoms with Gasteiger partial charge in [-0.25, -0.2) is 17.5 Å². The molecule has 1 aromatic carbocycles. The van der Waals surface area contributed by atoms with Crippen molar-refractivity contribution in [1.82, 2.24) is 9.62 Å². The standard InChI is InChI=1S/C21H29FN2O5S/c1-15(17-7-8-19(22)20(11-17)29-14-16-5-6-16)23-30(27,28)10-4-2-3-9-24-13-18(25)12-21(24)26/h7-8,11-12,15-16,23,25H,2-6,9-10,13-14H2,1H3/t15-/m1/s1. The number of nitrogens with one attached hydrogen (secondary N) is 1. The van der Waals surface area contributed by atoms with E-state index >= 15 is 0 Å². The fraction of sp³-hybridized carbons (Fsp3) is 0.571. The average Bonchev–Trinajstić information content (AvgIpc) is 3.44. The van der Waals surface area contributed by atoms with Gasteiger partial charge in [0.2, 0.25) is 15.9 Å². The number of carbonyl (C=O) groups excluding carboxylic acids is 1. The van der Waals surface area contributed by atoms with Crippen LogP contribution in [0.3, 0.4) is 0 Å². The molecule has 1 atom stereocenters. The maximum absolute atomic E-state index is 13.9. The van der Waals surface area contributed by atoms with E-state index in [9.17, 15) is 22.7 Å². The Hall–Kier alpha value is -2.13. The molecule has 9 heteroatoms. The minimum Gasteiger partial charge on any atom is -0.510 e. The molecule has 0 saturated heterocycles. The molecule has 2 aliphatic rings. The van der Waals surface area contributed by atoms with Crippen LogP contribution in [-0.2, 0) is 14.8 Å². The zero-order valence-corrected chi connectivity index (χ0v) is 18.0. The topological polar surface area (TPSA) is 95.9 Å². The number of sulfonamides is 1. The van der Waals surface area contributed by atoms with E-state index in [0.717, 1.165) is 12.8 Å². The smallest absolute Gasteiger partial charge is 0.250 e. The Bertz CT molecular complexity index is 899. The van der Waals surface area contributed by atoms with E-state index in [2.05, 4.69) is 4.72 Å². The molecule has 1 aromatic rings. The van der Waals surface area contributed by atoms with E-state index < -0.39 is 21.9 Å². The lowest BCUT2D eigenvalue weighted by molar-refractivity contribution is -0.124. The summed E-state index contributed by atoms with van der Waals surface area (Å²) < 4.78 is 46.9. The van der Waals surface area contributed by atoms with Crippen molar-refractivity contribution in [3.8, 4) is 5.75 Å². The predicted molar refractivity (Wildman–Crippen MR) is 111 cm³/mol. The van der Waals surface area contributed by atoms with Gasteiger partial charge in [-0.05, 0) is 56.2 Å². The summed E-state index contributed by atoms with van der Waals surface area (Å²) in [5.74, 6) is 0.0190. The number of amides is 1. The lowest BCUT2D eigenvalue weighted by Gasteiger charge is -2.17. The molecule has 1 amide bonds. The number of aliphatic hydroxyl groups excluding tert-OH is 1. The number of hydrogen-bond acceptors (Lipinski definition) is 5. The zero-order chi connectivity index (χ0) is 21.7. The van der Waals surface area contributed by atoms with E-state index in [4.69, 9.17) is 4.74 Å². The highest BCUT2D eigenvalue weighted by atomic mass is 32.2. The highest BCUT2D eigenvalue weighted by Crippen LogP contribution is 2.31. The maximum atomic E-state index is 13.9. The third-order valence-corrected chi connectivity index (χ3v) is 6.82. The van der Waals surface area contributed by atoms with Gasteiger partial charge in [0.05, 0.1) is 18.9 Å². The lowest BCUT2D eigenvalue weighted by atomic mass is 10.1. The van der Waals surface area contributed by atoms with Gasteiger partial charge in [0.15, 0.2) is 11.6 Å². The number of nitrogens with zero attached hydrogens (tertiary/aromatic N) is 1. The summed E-state index contributed by atoms with van der Waals surface area (Å²) in [6, 6.07) is 3.91. The first-order chi connectivity index (χ1) is 14.2. The molecule has 0 aromatic heterocycles. The molecule has 7 nitrogen and oxygen atoms in total. The van der Waals surface area contributed by atoms with Crippen LogP contribution in [0.4, 0.5) is 4.39 Å². The Morgan fingerprint density at radius 1 is 1.30 bits per heavy atom. The minimum atomic E-state index is -3.50. The van der Waals surface area contributed by atoms with E-state index in [1.807, 2.05) is 0 Å². The first-order valence-electron chi connectivity index (χ1n) is 10.3. The second-order valence-corrected chi connectivity index (χ2v) is 9.93. The van der Waals surface area contributed by atoms with E-state index in [0.29, 0.717) is 43.9 Å². The zero-order valence-electron chi connectivity index (χ0n) is 17.1. The van der Waals surface area contributed by atoms with Gasteiger partial charge in [0, 0.05) is 18.7 Å². The molecule has 0 spiro atoms. The van der Waals surface area contributed by atoms with Crippen LogP contribution in [0.2, 0.25) is 0 Å². The van der Waals surface area contributed by atoms with Crippen LogP contribution < -0.4 is 9.46 Å². The SMILES string of the molecule is C[C@@H](NS(=O)(=O)CCCCCN1CC(O)=CC1=O)c1ccc(F)c(OCC2CC2)c1. The third-order valence-electron chi connectivity index (χ3n) is 5.28. The predicted octanol–water partition coefficient (Wildman–Crippen LogP) is 3.05. The second kappa shape index (κ2) is 9.78. The van der Waals surface area contributed by atoms with Gasteiger partial charge in [0.1, 0.15) is 5.76 Å². The van der Waals surface area contributed by atoms with Crippen LogP contribution in [0.25, 0.3) is 0 Å². The second-order valence-electron chi connectivity index (χ2n) is 8.06. The molecular weight excluding hydrogens is 411 g/mol. The number of benzene rings is 1. The Balaban J connectivity index is 1.41. The molecule has 1 fully saturated rings. The van der Waals surface area contributed by atoms with Gasteiger partial charge < -0.3 is 14.7 Å². The highest BCUT2D eigenvalue weighted by Gasteiger charge is 2.23. The largest absolute Gasteiger partial charge is 0.510 e.